The normalized spacial score (nSPS) is 15.0. The van der Waals surface area contributed by atoms with Gasteiger partial charge in [-0.3, -0.25) is 0 Å². The first-order valence-corrected chi connectivity index (χ1v) is 10.8. The van der Waals surface area contributed by atoms with Gasteiger partial charge < -0.3 is 14.6 Å². The summed E-state index contributed by atoms with van der Waals surface area (Å²) >= 11 is 0. The maximum absolute atomic E-state index is 10.6. The molecule has 2 rings (SSSR count). The Balaban J connectivity index is 2.61. The number of rotatable bonds is 7. The van der Waals surface area contributed by atoms with Crippen LogP contribution < -0.4 is 10.4 Å². The van der Waals surface area contributed by atoms with E-state index in [4.69, 9.17) is 4.43 Å². The molecular weight excluding hydrogens is 328 g/mol. The van der Waals surface area contributed by atoms with Crippen LogP contribution in [0.5, 0.6) is 0 Å². The first kappa shape index (κ1) is 19.9. The molecule has 3 nitrogen and oxygen atoms in total. The second-order valence-corrected chi connectivity index (χ2v) is 12.0. The van der Waals surface area contributed by atoms with E-state index in [9.17, 15) is 10.2 Å². The molecule has 2 aromatic carbocycles. The van der Waals surface area contributed by atoms with Crippen molar-refractivity contribution in [2.45, 2.75) is 44.8 Å². The van der Waals surface area contributed by atoms with E-state index in [1.807, 2.05) is 43.3 Å². The minimum Gasteiger partial charge on any atom is -0.404 e. The quantitative estimate of drug-likeness (QED) is 0.748. The van der Waals surface area contributed by atoms with Gasteiger partial charge in [0.2, 0.25) is 0 Å². The predicted octanol–water partition coefficient (Wildman–Crippen LogP) is 2.70. The van der Waals surface area contributed by atoms with Crippen molar-refractivity contribution in [1.82, 2.24) is 0 Å². The van der Waals surface area contributed by atoms with Gasteiger partial charge in [-0.15, -0.1) is 0 Å². The zero-order valence-corrected chi connectivity index (χ0v) is 16.7. The Labute approximate surface area is 152 Å². The van der Waals surface area contributed by atoms with Gasteiger partial charge in [0.25, 0.3) is 8.32 Å². The van der Waals surface area contributed by atoms with Crippen LogP contribution in [0.1, 0.15) is 34.1 Å². The Morgan fingerprint density at radius 1 is 0.880 bits per heavy atom. The minimum atomic E-state index is -2.66. The second kappa shape index (κ2) is 7.83. The number of aliphatic hydroxyl groups excluding tert-OH is 1. The first-order valence-electron chi connectivity index (χ1n) is 8.87. The molecule has 2 aromatic rings. The Morgan fingerprint density at radius 3 is 1.64 bits per heavy atom. The average molecular weight is 359 g/mol. The number of hydrogen-bond acceptors (Lipinski definition) is 3. The van der Waals surface area contributed by atoms with Gasteiger partial charge in [-0.2, -0.15) is 0 Å². The molecule has 0 aliphatic rings. The highest BCUT2D eigenvalue weighted by Crippen LogP contribution is 2.37. The molecular formula is C21H30O3Si. The fraction of sp³-hybridized carbons (Fsp3) is 0.429. The molecule has 0 amide bonds. The molecule has 0 aliphatic carbocycles. The average Bonchev–Trinajstić information content (AvgIpc) is 2.62. The lowest BCUT2D eigenvalue weighted by atomic mass is 10.0. The largest absolute Gasteiger partial charge is 0.404 e. The van der Waals surface area contributed by atoms with Crippen molar-refractivity contribution in [2.75, 3.05) is 13.2 Å². The highest BCUT2D eigenvalue weighted by Gasteiger charge is 2.51. The van der Waals surface area contributed by atoms with Gasteiger partial charge in [-0.05, 0) is 21.8 Å². The minimum absolute atomic E-state index is 0.118. The van der Waals surface area contributed by atoms with E-state index in [1.165, 1.54) is 10.4 Å². The molecule has 1 atom stereocenters. The molecule has 0 aliphatic heterocycles. The van der Waals surface area contributed by atoms with E-state index in [0.717, 1.165) is 0 Å². The van der Waals surface area contributed by atoms with Crippen molar-refractivity contribution in [3.8, 4) is 0 Å². The SMILES string of the molecule is CC[C@](O)(CO)CO[Si](c1ccccc1)(c1ccccc1)C(C)(C)C. The number of hydrogen-bond donors (Lipinski definition) is 2. The Morgan fingerprint density at radius 2 is 1.32 bits per heavy atom. The van der Waals surface area contributed by atoms with Gasteiger partial charge >= 0.3 is 0 Å². The van der Waals surface area contributed by atoms with Gasteiger partial charge in [0.1, 0.15) is 5.60 Å². The van der Waals surface area contributed by atoms with Crippen molar-refractivity contribution in [3.05, 3.63) is 60.7 Å². The number of aliphatic hydroxyl groups is 2. The Hall–Kier alpha value is -1.46. The smallest absolute Gasteiger partial charge is 0.261 e. The van der Waals surface area contributed by atoms with Crippen LogP contribution in [-0.4, -0.2) is 37.3 Å². The molecule has 4 heteroatoms. The van der Waals surface area contributed by atoms with Crippen molar-refractivity contribution in [1.29, 1.82) is 0 Å². The highest BCUT2D eigenvalue weighted by atomic mass is 28.4. The third-order valence-corrected chi connectivity index (χ3v) is 9.91. The third kappa shape index (κ3) is 4.03. The maximum atomic E-state index is 10.6. The monoisotopic (exact) mass is 358 g/mol. The van der Waals surface area contributed by atoms with Crippen LogP contribution >= 0.6 is 0 Å². The van der Waals surface area contributed by atoms with Crippen LogP contribution in [0.2, 0.25) is 5.04 Å². The van der Waals surface area contributed by atoms with Gasteiger partial charge in [-0.25, -0.2) is 0 Å². The molecule has 0 unspecified atom stereocenters. The van der Waals surface area contributed by atoms with Crippen LogP contribution in [0.3, 0.4) is 0 Å². The van der Waals surface area contributed by atoms with Crippen molar-refractivity contribution < 1.29 is 14.6 Å². The summed E-state index contributed by atoms with van der Waals surface area (Å²) < 4.78 is 6.64. The van der Waals surface area contributed by atoms with Crippen LogP contribution in [0.4, 0.5) is 0 Å². The second-order valence-electron chi connectivity index (χ2n) is 7.69. The van der Waals surface area contributed by atoms with E-state index in [0.29, 0.717) is 6.42 Å². The molecule has 0 heterocycles. The van der Waals surface area contributed by atoms with E-state index in [-0.39, 0.29) is 18.3 Å². The summed E-state index contributed by atoms with van der Waals surface area (Å²) in [4.78, 5) is 0. The summed E-state index contributed by atoms with van der Waals surface area (Å²) in [7, 11) is -2.66. The standard InChI is InChI=1S/C21H30O3Si/c1-5-21(23,16-22)17-24-25(20(2,3)4,18-12-8-6-9-13-18)19-14-10-7-11-15-19/h6-15,22-23H,5,16-17H2,1-4H3/t21-/m0/s1. The summed E-state index contributed by atoms with van der Waals surface area (Å²) in [5.41, 5.74) is -1.22. The Bertz CT molecular complexity index is 606. The molecule has 0 radical (unpaired) electrons. The molecule has 25 heavy (non-hydrogen) atoms. The van der Waals surface area contributed by atoms with Gasteiger partial charge in [0, 0.05) is 0 Å². The topological polar surface area (TPSA) is 49.7 Å². The van der Waals surface area contributed by atoms with Crippen molar-refractivity contribution >= 4 is 18.7 Å². The molecule has 0 fully saturated rings. The third-order valence-electron chi connectivity index (χ3n) is 4.93. The molecule has 0 aromatic heterocycles. The molecule has 0 bridgehead atoms. The lowest BCUT2D eigenvalue weighted by Gasteiger charge is -2.44. The molecule has 136 valence electrons. The van der Waals surface area contributed by atoms with E-state index in [1.54, 1.807) is 0 Å². The highest BCUT2D eigenvalue weighted by molar-refractivity contribution is 6.99. The lowest BCUT2D eigenvalue weighted by molar-refractivity contribution is -0.0521. The van der Waals surface area contributed by atoms with E-state index >= 15 is 0 Å². The maximum Gasteiger partial charge on any atom is 0.261 e. The summed E-state index contributed by atoms with van der Waals surface area (Å²) in [5.74, 6) is 0. The predicted molar refractivity (Wildman–Crippen MR) is 106 cm³/mol. The van der Waals surface area contributed by atoms with Crippen LogP contribution in [0, 0.1) is 0 Å². The summed E-state index contributed by atoms with van der Waals surface area (Å²) in [6, 6.07) is 20.6. The zero-order chi connectivity index (χ0) is 18.6. The fourth-order valence-electron chi connectivity index (χ4n) is 3.26. The number of benzene rings is 2. The van der Waals surface area contributed by atoms with Crippen molar-refractivity contribution in [2.24, 2.45) is 0 Å². The van der Waals surface area contributed by atoms with Crippen molar-refractivity contribution in [3.63, 3.8) is 0 Å². The summed E-state index contributed by atoms with van der Waals surface area (Å²) in [5, 5.41) is 22.4. The summed E-state index contributed by atoms with van der Waals surface area (Å²) in [6.45, 7) is 8.27. The van der Waals surface area contributed by atoms with Gasteiger partial charge in [0.15, 0.2) is 0 Å². The fourth-order valence-corrected chi connectivity index (χ4v) is 7.90. The zero-order valence-electron chi connectivity index (χ0n) is 15.7. The Kier molecular flexibility index (Phi) is 6.22. The first-order chi connectivity index (χ1) is 11.8. The van der Waals surface area contributed by atoms with E-state index in [2.05, 4.69) is 45.0 Å². The van der Waals surface area contributed by atoms with Crippen LogP contribution in [0.25, 0.3) is 0 Å². The summed E-state index contributed by atoms with van der Waals surface area (Å²) in [6.07, 6.45) is 0.446. The molecule has 0 spiro atoms. The van der Waals surface area contributed by atoms with Crippen LogP contribution in [0.15, 0.2) is 60.7 Å². The molecule has 0 saturated heterocycles. The molecule has 0 saturated carbocycles. The van der Waals surface area contributed by atoms with E-state index < -0.39 is 13.9 Å². The van der Waals surface area contributed by atoms with Gasteiger partial charge in [0.05, 0.1) is 13.2 Å². The van der Waals surface area contributed by atoms with Gasteiger partial charge in [-0.1, -0.05) is 88.4 Å². The molecule has 2 N–H and O–H groups in total. The van der Waals surface area contributed by atoms with Crippen LogP contribution in [-0.2, 0) is 4.43 Å². The lowest BCUT2D eigenvalue weighted by Crippen LogP contribution is -2.67.